The zero-order valence-corrected chi connectivity index (χ0v) is 9.37. The molecule has 2 aromatic rings. The third-order valence-corrected chi connectivity index (χ3v) is 2.48. The summed E-state index contributed by atoms with van der Waals surface area (Å²) in [6.07, 6.45) is -3.91. The van der Waals surface area contributed by atoms with Crippen molar-refractivity contribution in [3.8, 4) is 0 Å². The van der Waals surface area contributed by atoms with Crippen LogP contribution in [0, 0.1) is 0 Å². The number of nitrogens with zero attached hydrogens (tertiary/aromatic N) is 1. The third-order valence-electron chi connectivity index (χ3n) is 2.48. The molecule has 6 heteroatoms. The van der Waals surface area contributed by atoms with Gasteiger partial charge in [-0.25, -0.2) is 0 Å². The first-order valence-electron chi connectivity index (χ1n) is 5.29. The fourth-order valence-electron chi connectivity index (χ4n) is 1.55. The van der Waals surface area contributed by atoms with E-state index in [9.17, 15) is 13.2 Å². The summed E-state index contributed by atoms with van der Waals surface area (Å²) >= 11 is 0. The highest BCUT2D eigenvalue weighted by Gasteiger charge is 2.29. The number of halogens is 3. The smallest absolute Gasteiger partial charge is 0.361 e. The lowest BCUT2D eigenvalue weighted by atomic mass is 10.1. The first-order valence-corrected chi connectivity index (χ1v) is 5.29. The number of hydrogen-bond acceptors (Lipinski definition) is 3. The fourth-order valence-corrected chi connectivity index (χ4v) is 1.55. The molecule has 0 unspecified atom stereocenters. The number of hydrogen-bond donors (Lipinski definition) is 1. The zero-order valence-electron chi connectivity index (χ0n) is 9.37. The van der Waals surface area contributed by atoms with Crippen molar-refractivity contribution in [1.82, 2.24) is 5.16 Å². The van der Waals surface area contributed by atoms with Crippen LogP contribution in [0.2, 0.25) is 0 Å². The normalized spacial score (nSPS) is 11.8. The van der Waals surface area contributed by atoms with Crippen LogP contribution in [0.1, 0.15) is 22.6 Å². The van der Waals surface area contributed by atoms with E-state index in [-0.39, 0.29) is 6.54 Å². The molecule has 1 heterocycles. The summed E-state index contributed by atoms with van der Waals surface area (Å²) in [6.45, 7) is 0.274. The Hall–Kier alpha value is -1.82. The monoisotopic (exact) mass is 256 g/mol. The number of nitrogens with two attached hydrogens (primary N) is 1. The molecule has 0 saturated heterocycles. The van der Waals surface area contributed by atoms with E-state index in [1.54, 1.807) is 6.07 Å². The molecule has 2 N–H and O–H groups in total. The van der Waals surface area contributed by atoms with Gasteiger partial charge in [-0.3, -0.25) is 0 Å². The average molecular weight is 256 g/mol. The van der Waals surface area contributed by atoms with Crippen molar-refractivity contribution in [2.45, 2.75) is 19.1 Å². The molecule has 0 aliphatic rings. The van der Waals surface area contributed by atoms with E-state index in [0.717, 1.165) is 17.7 Å². The van der Waals surface area contributed by atoms with Crippen LogP contribution in [0.25, 0.3) is 0 Å². The number of alkyl halides is 3. The van der Waals surface area contributed by atoms with E-state index in [1.165, 1.54) is 12.1 Å². The Morgan fingerprint density at radius 3 is 2.33 bits per heavy atom. The molecular formula is C12H11F3N2O. The maximum absolute atomic E-state index is 12.4. The summed E-state index contributed by atoms with van der Waals surface area (Å²) in [5, 5.41) is 3.71. The summed E-state index contributed by atoms with van der Waals surface area (Å²) in [7, 11) is 0. The lowest BCUT2D eigenvalue weighted by Crippen LogP contribution is -2.04. The van der Waals surface area contributed by atoms with E-state index in [4.69, 9.17) is 10.3 Å². The Labute approximate surface area is 101 Å². The van der Waals surface area contributed by atoms with Crippen LogP contribution in [-0.4, -0.2) is 5.16 Å². The maximum atomic E-state index is 12.4. The molecule has 0 atom stereocenters. The molecule has 0 saturated carbocycles. The van der Waals surface area contributed by atoms with Gasteiger partial charge in [-0.2, -0.15) is 13.2 Å². The fraction of sp³-hybridized carbons (Fsp3) is 0.250. The Balaban J connectivity index is 2.11. The summed E-state index contributed by atoms with van der Waals surface area (Å²) in [5.74, 6) is 0.579. The molecule has 0 fully saturated rings. The van der Waals surface area contributed by atoms with Gasteiger partial charge >= 0.3 is 6.18 Å². The van der Waals surface area contributed by atoms with Gasteiger partial charge in [0.25, 0.3) is 0 Å². The van der Waals surface area contributed by atoms with Gasteiger partial charge in [0.15, 0.2) is 0 Å². The third kappa shape index (κ3) is 2.89. The molecule has 3 nitrogen and oxygen atoms in total. The quantitative estimate of drug-likeness (QED) is 0.918. The number of rotatable bonds is 3. The van der Waals surface area contributed by atoms with Crippen molar-refractivity contribution in [3.63, 3.8) is 0 Å². The molecule has 1 aromatic heterocycles. The van der Waals surface area contributed by atoms with E-state index < -0.39 is 11.7 Å². The first kappa shape index (κ1) is 12.6. The van der Waals surface area contributed by atoms with Gasteiger partial charge < -0.3 is 10.3 Å². The van der Waals surface area contributed by atoms with Crippen molar-refractivity contribution in [3.05, 3.63) is 52.9 Å². The van der Waals surface area contributed by atoms with E-state index in [2.05, 4.69) is 5.16 Å². The molecular weight excluding hydrogens is 245 g/mol. The molecule has 1 aromatic carbocycles. The summed E-state index contributed by atoms with van der Waals surface area (Å²) in [4.78, 5) is 0. The average Bonchev–Trinajstić information content (AvgIpc) is 2.76. The van der Waals surface area contributed by atoms with Gasteiger partial charge in [0.1, 0.15) is 5.76 Å². The second-order valence-electron chi connectivity index (χ2n) is 3.86. The second kappa shape index (κ2) is 4.81. The van der Waals surface area contributed by atoms with Crippen molar-refractivity contribution in [2.24, 2.45) is 5.73 Å². The Morgan fingerprint density at radius 2 is 1.83 bits per heavy atom. The maximum Gasteiger partial charge on any atom is 0.416 e. The van der Waals surface area contributed by atoms with Crippen LogP contribution < -0.4 is 5.73 Å². The Kier molecular flexibility index (Phi) is 3.38. The number of benzene rings is 1. The second-order valence-corrected chi connectivity index (χ2v) is 3.86. The van der Waals surface area contributed by atoms with Crippen LogP contribution >= 0.6 is 0 Å². The molecule has 18 heavy (non-hydrogen) atoms. The standard InChI is InChI=1S/C12H11F3N2O/c13-12(14,15)9-3-1-8(2-4-9)5-11-6-10(7-16)17-18-11/h1-4,6H,5,7,16H2. The SMILES string of the molecule is NCc1cc(Cc2ccc(C(F)(F)F)cc2)on1. The van der Waals surface area contributed by atoms with Gasteiger partial charge in [0, 0.05) is 19.0 Å². The highest BCUT2D eigenvalue weighted by atomic mass is 19.4. The van der Waals surface area contributed by atoms with E-state index in [1.807, 2.05) is 0 Å². The topological polar surface area (TPSA) is 52.0 Å². The minimum absolute atomic E-state index is 0.274. The Morgan fingerprint density at radius 1 is 1.17 bits per heavy atom. The minimum Gasteiger partial charge on any atom is -0.361 e. The van der Waals surface area contributed by atoms with Crippen LogP contribution in [0.15, 0.2) is 34.9 Å². The summed E-state index contributed by atoms with van der Waals surface area (Å²) in [5.41, 5.74) is 6.06. The van der Waals surface area contributed by atoms with Gasteiger partial charge in [-0.1, -0.05) is 17.3 Å². The van der Waals surface area contributed by atoms with Crippen molar-refractivity contribution in [1.29, 1.82) is 0 Å². The molecule has 0 radical (unpaired) electrons. The highest BCUT2D eigenvalue weighted by Crippen LogP contribution is 2.29. The first-order chi connectivity index (χ1) is 8.49. The van der Waals surface area contributed by atoms with Crippen LogP contribution in [0.5, 0.6) is 0 Å². The lowest BCUT2D eigenvalue weighted by Gasteiger charge is -2.06. The van der Waals surface area contributed by atoms with Gasteiger partial charge in [-0.05, 0) is 17.7 Å². The molecule has 0 amide bonds. The summed E-state index contributed by atoms with van der Waals surface area (Å²) < 4.78 is 42.1. The van der Waals surface area contributed by atoms with Crippen LogP contribution in [0.3, 0.4) is 0 Å². The molecule has 2 rings (SSSR count). The summed E-state index contributed by atoms with van der Waals surface area (Å²) in [6, 6.07) is 6.64. The lowest BCUT2D eigenvalue weighted by molar-refractivity contribution is -0.137. The van der Waals surface area contributed by atoms with Crippen molar-refractivity contribution in [2.75, 3.05) is 0 Å². The molecule has 0 aliphatic carbocycles. The van der Waals surface area contributed by atoms with E-state index in [0.29, 0.717) is 17.9 Å². The predicted molar refractivity (Wildman–Crippen MR) is 58.6 cm³/mol. The van der Waals surface area contributed by atoms with Crippen molar-refractivity contribution >= 4 is 0 Å². The molecule has 0 aliphatic heterocycles. The van der Waals surface area contributed by atoms with E-state index >= 15 is 0 Å². The van der Waals surface area contributed by atoms with Gasteiger partial charge in [0.2, 0.25) is 0 Å². The van der Waals surface area contributed by atoms with Gasteiger partial charge in [-0.15, -0.1) is 0 Å². The largest absolute Gasteiger partial charge is 0.416 e. The predicted octanol–water partition coefficient (Wildman–Crippen LogP) is 2.74. The van der Waals surface area contributed by atoms with Crippen LogP contribution in [-0.2, 0) is 19.1 Å². The van der Waals surface area contributed by atoms with Crippen LogP contribution in [0.4, 0.5) is 13.2 Å². The molecule has 0 spiro atoms. The minimum atomic E-state index is -4.31. The van der Waals surface area contributed by atoms with Crippen molar-refractivity contribution < 1.29 is 17.7 Å². The number of aromatic nitrogens is 1. The Bertz CT molecular complexity index is 517. The zero-order chi connectivity index (χ0) is 13.2. The molecule has 96 valence electrons. The highest BCUT2D eigenvalue weighted by molar-refractivity contribution is 5.27. The molecule has 0 bridgehead atoms. The van der Waals surface area contributed by atoms with Gasteiger partial charge in [0.05, 0.1) is 11.3 Å².